The lowest BCUT2D eigenvalue weighted by molar-refractivity contribution is -0.140. The summed E-state index contributed by atoms with van der Waals surface area (Å²) in [5.41, 5.74) is 2.74. The maximum atomic E-state index is 12.6. The molecule has 0 aromatic rings. The van der Waals surface area contributed by atoms with Crippen LogP contribution in [0.15, 0.2) is 33.9 Å². The molecule has 27 heavy (non-hydrogen) atoms. The van der Waals surface area contributed by atoms with E-state index in [-0.39, 0.29) is 43.2 Å². The summed E-state index contributed by atoms with van der Waals surface area (Å²) in [7, 11) is 0. The number of nitrogens with zero attached hydrogens (tertiary/aromatic N) is 2. The zero-order chi connectivity index (χ0) is 19.3. The molecule has 6 heteroatoms. The fourth-order valence-corrected chi connectivity index (χ4v) is 5.12. The first kappa shape index (κ1) is 17.7. The second kappa shape index (κ2) is 6.18. The van der Waals surface area contributed by atoms with E-state index in [1.165, 1.54) is 6.92 Å². The van der Waals surface area contributed by atoms with E-state index in [0.29, 0.717) is 5.57 Å². The third-order valence-electron chi connectivity index (χ3n) is 6.42. The Bertz CT molecular complexity index is 911. The lowest BCUT2D eigenvalue weighted by Gasteiger charge is -2.36. The van der Waals surface area contributed by atoms with Gasteiger partial charge in [-0.25, -0.2) is 0 Å². The number of Topliss-reactive ketones (excluding diaryl/α,β-unsaturated/α-hetero) is 1. The number of hydrogen-bond acceptors (Lipinski definition) is 6. The molecule has 0 spiro atoms. The number of nitriles is 2. The van der Waals surface area contributed by atoms with Gasteiger partial charge in [0.05, 0.1) is 12.1 Å². The maximum absolute atomic E-state index is 12.6. The van der Waals surface area contributed by atoms with Crippen molar-refractivity contribution in [3.63, 3.8) is 0 Å². The van der Waals surface area contributed by atoms with Gasteiger partial charge in [0.2, 0.25) is 0 Å². The van der Waals surface area contributed by atoms with Gasteiger partial charge in [-0.1, -0.05) is 11.6 Å². The Kier molecular flexibility index (Phi) is 4.05. The van der Waals surface area contributed by atoms with Gasteiger partial charge >= 0.3 is 5.97 Å². The fraction of sp³-hybridized carbons (Fsp3) is 0.524. The molecule has 1 fully saturated rings. The van der Waals surface area contributed by atoms with Crippen molar-refractivity contribution in [3.05, 3.63) is 33.9 Å². The highest BCUT2D eigenvalue weighted by Gasteiger charge is 2.51. The third kappa shape index (κ3) is 2.56. The molecule has 0 amide bonds. The summed E-state index contributed by atoms with van der Waals surface area (Å²) < 4.78 is 5.09. The van der Waals surface area contributed by atoms with Gasteiger partial charge in [0.25, 0.3) is 0 Å². The third-order valence-corrected chi connectivity index (χ3v) is 6.42. The highest BCUT2D eigenvalue weighted by Crippen LogP contribution is 2.53. The van der Waals surface area contributed by atoms with Crippen LogP contribution in [0.3, 0.4) is 0 Å². The quantitative estimate of drug-likeness (QED) is 0.596. The average Bonchev–Trinajstić information content (AvgIpc) is 3.14. The molecule has 2 aliphatic heterocycles. The summed E-state index contributed by atoms with van der Waals surface area (Å²) >= 11 is 0. The van der Waals surface area contributed by atoms with E-state index in [1.807, 2.05) is 6.92 Å². The van der Waals surface area contributed by atoms with Crippen molar-refractivity contribution in [1.82, 2.24) is 5.32 Å². The molecule has 0 saturated carbocycles. The molecule has 2 heterocycles. The number of rotatable bonds is 2. The minimum Gasteiger partial charge on any atom is -0.461 e. The number of carbonyl (C=O) groups excluding carboxylic acids is 2. The van der Waals surface area contributed by atoms with Crippen LogP contribution < -0.4 is 5.32 Å². The van der Waals surface area contributed by atoms with Crippen LogP contribution in [0.25, 0.3) is 0 Å². The van der Waals surface area contributed by atoms with E-state index in [9.17, 15) is 20.1 Å². The van der Waals surface area contributed by atoms with E-state index in [2.05, 4.69) is 23.5 Å². The van der Waals surface area contributed by atoms with Crippen molar-refractivity contribution in [1.29, 1.82) is 10.5 Å². The van der Waals surface area contributed by atoms with Crippen molar-refractivity contribution in [2.45, 2.75) is 51.6 Å². The molecule has 0 aromatic carbocycles. The number of allylic oxidation sites excluding steroid dienone is 2. The number of carbonyl (C=O) groups is 2. The Labute approximate surface area is 158 Å². The van der Waals surface area contributed by atoms with Gasteiger partial charge in [-0.3, -0.25) is 9.59 Å². The van der Waals surface area contributed by atoms with Crippen LogP contribution in [0.1, 0.15) is 39.5 Å². The van der Waals surface area contributed by atoms with Crippen LogP contribution >= 0.6 is 0 Å². The Morgan fingerprint density at radius 2 is 2.07 bits per heavy atom. The van der Waals surface area contributed by atoms with E-state index in [4.69, 9.17) is 4.74 Å². The van der Waals surface area contributed by atoms with Crippen LogP contribution in [-0.4, -0.2) is 30.4 Å². The zero-order valence-electron chi connectivity index (χ0n) is 15.5. The molecule has 0 aromatic heterocycles. The second-order valence-electron chi connectivity index (χ2n) is 7.86. The summed E-state index contributed by atoms with van der Waals surface area (Å²) in [6.07, 6.45) is 4.49. The molecule has 0 radical (unpaired) electrons. The van der Waals surface area contributed by atoms with Crippen molar-refractivity contribution in [2.75, 3.05) is 6.61 Å². The smallest absolute Gasteiger partial charge is 0.302 e. The van der Waals surface area contributed by atoms with Gasteiger partial charge in [0, 0.05) is 43.3 Å². The topological polar surface area (TPSA) is 103 Å². The molecule has 1 unspecified atom stereocenters. The van der Waals surface area contributed by atoms with Gasteiger partial charge in [-0.2, -0.15) is 10.5 Å². The second-order valence-corrected chi connectivity index (χ2v) is 7.86. The van der Waals surface area contributed by atoms with Crippen LogP contribution in [0.5, 0.6) is 0 Å². The highest BCUT2D eigenvalue weighted by atomic mass is 16.5. The summed E-state index contributed by atoms with van der Waals surface area (Å²) in [6.45, 7) is 3.22. The largest absolute Gasteiger partial charge is 0.461 e. The number of esters is 1. The molecule has 6 nitrogen and oxygen atoms in total. The average molecular weight is 363 g/mol. The van der Waals surface area contributed by atoms with Gasteiger partial charge in [0.15, 0.2) is 11.2 Å². The maximum Gasteiger partial charge on any atom is 0.302 e. The predicted molar refractivity (Wildman–Crippen MR) is 95.8 cm³/mol. The van der Waals surface area contributed by atoms with Gasteiger partial charge in [-0.15, -0.1) is 0 Å². The number of fused-ring (bicyclic) bond motifs is 5. The number of nitrogens with one attached hydrogen (secondary N) is 1. The van der Waals surface area contributed by atoms with Gasteiger partial charge in [-0.05, 0) is 36.5 Å². The van der Waals surface area contributed by atoms with Crippen LogP contribution in [0, 0.1) is 34.0 Å². The van der Waals surface area contributed by atoms with E-state index >= 15 is 0 Å². The minimum atomic E-state index is -1.29. The molecule has 3 atom stereocenters. The van der Waals surface area contributed by atoms with E-state index < -0.39 is 11.4 Å². The van der Waals surface area contributed by atoms with Crippen LogP contribution in [0.4, 0.5) is 0 Å². The fourth-order valence-electron chi connectivity index (χ4n) is 5.12. The lowest BCUT2D eigenvalue weighted by atomic mass is 9.69. The molecule has 2 aliphatic carbocycles. The molecule has 2 bridgehead atoms. The predicted octanol–water partition coefficient (Wildman–Crippen LogP) is 2.25. The molecule has 138 valence electrons. The number of ketones is 1. The van der Waals surface area contributed by atoms with Gasteiger partial charge in [0.1, 0.15) is 6.61 Å². The monoisotopic (exact) mass is 363 g/mol. The summed E-state index contributed by atoms with van der Waals surface area (Å²) in [5.74, 6) is -0.578. The molecule has 1 saturated heterocycles. The van der Waals surface area contributed by atoms with Crippen molar-refractivity contribution >= 4 is 11.8 Å². The Morgan fingerprint density at radius 1 is 1.33 bits per heavy atom. The summed E-state index contributed by atoms with van der Waals surface area (Å²) in [4.78, 5) is 23.9. The molecular weight excluding hydrogens is 342 g/mol. The molecule has 4 rings (SSSR count). The van der Waals surface area contributed by atoms with Crippen LogP contribution in [0.2, 0.25) is 0 Å². The van der Waals surface area contributed by atoms with Crippen molar-refractivity contribution in [2.24, 2.45) is 11.3 Å². The first-order valence-corrected chi connectivity index (χ1v) is 9.29. The highest BCUT2D eigenvalue weighted by molar-refractivity contribution is 6.03. The first-order valence-electron chi connectivity index (χ1n) is 9.29. The SMILES string of the molecule is CC(=O)OCC1=C2CC(C#N)(C#N)C3=C[C@H]4CCC(N4)[C@@H]3C(C)=C2CC1=O. The number of ether oxygens (including phenoxy) is 1. The normalized spacial score (nSPS) is 30.7. The summed E-state index contributed by atoms with van der Waals surface area (Å²) in [5, 5.41) is 23.6. The van der Waals surface area contributed by atoms with E-state index in [0.717, 1.165) is 35.1 Å². The first-order chi connectivity index (χ1) is 12.9. The standard InChI is InChI=1S/C21H21N3O3/c1-11-14-6-19(26)16(8-27-12(2)25)15(14)7-21(9-22,10-23)17-5-13-3-4-18(24-13)20(11)17/h5,13,18,20,24H,3-4,6-8H2,1-2H3/t13-,18?,20-/m1/s1. The van der Waals surface area contributed by atoms with Crippen molar-refractivity contribution in [3.8, 4) is 12.1 Å². The van der Waals surface area contributed by atoms with Crippen LogP contribution in [-0.2, 0) is 14.3 Å². The zero-order valence-corrected chi connectivity index (χ0v) is 15.5. The summed E-state index contributed by atoms with van der Waals surface area (Å²) in [6, 6.07) is 4.94. The minimum absolute atomic E-state index is 0.0450. The van der Waals surface area contributed by atoms with Crippen molar-refractivity contribution < 1.29 is 14.3 Å². The van der Waals surface area contributed by atoms with Gasteiger partial charge < -0.3 is 10.1 Å². The molecular formula is C21H21N3O3. The molecule has 4 aliphatic rings. The Hall–Kier alpha value is -2.70. The Morgan fingerprint density at radius 3 is 2.74 bits per heavy atom. The number of hydrogen-bond donors (Lipinski definition) is 1. The molecule has 1 N–H and O–H groups in total. The lowest BCUT2D eigenvalue weighted by Crippen LogP contribution is -2.43. The Balaban J connectivity index is 1.91. The van der Waals surface area contributed by atoms with E-state index in [1.54, 1.807) is 0 Å².